The minimum atomic E-state index is -4.45. The van der Waals surface area contributed by atoms with Gasteiger partial charge >= 0.3 is 6.18 Å². The Morgan fingerprint density at radius 3 is 2.54 bits per heavy atom. The van der Waals surface area contributed by atoms with E-state index in [0.29, 0.717) is 31.4 Å². The van der Waals surface area contributed by atoms with E-state index in [1.807, 2.05) is 6.92 Å². The molecule has 156 valence electrons. The van der Waals surface area contributed by atoms with Crippen molar-refractivity contribution in [1.82, 2.24) is 15.2 Å². The Morgan fingerprint density at radius 1 is 1.29 bits per heavy atom. The van der Waals surface area contributed by atoms with Crippen molar-refractivity contribution in [3.8, 4) is 5.75 Å². The summed E-state index contributed by atoms with van der Waals surface area (Å²) in [5.74, 6) is 0.745. The minimum Gasteiger partial charge on any atom is -0.492 e. The van der Waals surface area contributed by atoms with Crippen molar-refractivity contribution in [2.24, 2.45) is 4.99 Å². The fraction of sp³-hybridized carbons (Fsp3) is 0.412. The number of ether oxygens (including phenoxy) is 1. The molecule has 0 saturated carbocycles. The van der Waals surface area contributed by atoms with E-state index in [-0.39, 0.29) is 41.3 Å². The molecule has 0 saturated heterocycles. The monoisotopic (exact) mass is 532 g/mol. The number of guanidine groups is 1. The van der Waals surface area contributed by atoms with Crippen LogP contribution in [0.15, 0.2) is 34.6 Å². The molecule has 11 heteroatoms. The van der Waals surface area contributed by atoms with Crippen LogP contribution >= 0.6 is 35.3 Å². The molecule has 0 unspecified atom stereocenters. The molecule has 5 nitrogen and oxygen atoms in total. The Bertz CT molecular complexity index is 752. The zero-order valence-corrected chi connectivity index (χ0v) is 18.4. The van der Waals surface area contributed by atoms with E-state index in [4.69, 9.17) is 4.74 Å². The number of thiazole rings is 1. The molecular formula is C17H21F4IN4OS. The van der Waals surface area contributed by atoms with E-state index in [1.165, 1.54) is 24.3 Å². The van der Waals surface area contributed by atoms with E-state index in [9.17, 15) is 17.6 Å². The number of aliphatic imine (C=N–C) groups is 1. The van der Waals surface area contributed by atoms with Gasteiger partial charge in [-0.3, -0.25) is 0 Å². The summed E-state index contributed by atoms with van der Waals surface area (Å²) in [7, 11) is 1.79. The molecule has 0 aliphatic heterocycles. The fourth-order valence-corrected chi connectivity index (χ4v) is 2.79. The summed E-state index contributed by atoms with van der Waals surface area (Å²) < 4.78 is 56.2. The van der Waals surface area contributed by atoms with Gasteiger partial charge in [0.15, 0.2) is 11.7 Å². The summed E-state index contributed by atoms with van der Waals surface area (Å²) in [4.78, 5) is 9.69. The topological polar surface area (TPSA) is 49.8 Å². The average molecular weight is 532 g/mol. The van der Waals surface area contributed by atoms with Gasteiger partial charge in [-0.2, -0.15) is 13.2 Å². The lowest BCUT2D eigenvalue weighted by molar-refractivity contribution is -0.140. The van der Waals surface area contributed by atoms with Crippen LogP contribution in [0.3, 0.4) is 0 Å². The van der Waals surface area contributed by atoms with Gasteiger partial charge in [-0.15, -0.1) is 35.3 Å². The number of likely N-dealkylation sites (N-methyl/N-ethyl adjacent to an activating group) is 1. The molecule has 2 rings (SSSR count). The molecule has 28 heavy (non-hydrogen) atoms. The fourth-order valence-electron chi connectivity index (χ4n) is 2.06. The van der Waals surface area contributed by atoms with E-state index in [2.05, 4.69) is 15.3 Å². The number of hydrogen-bond donors (Lipinski definition) is 1. The van der Waals surface area contributed by atoms with Crippen LogP contribution in [0.4, 0.5) is 17.6 Å². The number of alkyl halides is 3. The van der Waals surface area contributed by atoms with Crippen molar-refractivity contribution in [2.75, 3.05) is 26.7 Å². The predicted octanol–water partition coefficient (Wildman–Crippen LogP) is 4.40. The number of benzene rings is 1. The van der Waals surface area contributed by atoms with E-state index in [0.717, 1.165) is 16.7 Å². The molecule has 1 aromatic heterocycles. The molecule has 1 aromatic carbocycles. The van der Waals surface area contributed by atoms with Crippen molar-refractivity contribution in [1.29, 1.82) is 0 Å². The molecule has 0 aliphatic carbocycles. The maximum absolute atomic E-state index is 12.9. The van der Waals surface area contributed by atoms with Gasteiger partial charge in [-0.25, -0.2) is 14.4 Å². The summed E-state index contributed by atoms with van der Waals surface area (Å²) in [5, 5.41) is 4.34. The van der Waals surface area contributed by atoms with Crippen LogP contribution in [0.5, 0.6) is 5.75 Å². The normalized spacial score (nSPS) is 11.7. The van der Waals surface area contributed by atoms with Crippen molar-refractivity contribution in [2.45, 2.75) is 19.6 Å². The zero-order valence-electron chi connectivity index (χ0n) is 15.3. The maximum atomic E-state index is 12.9. The molecule has 0 aliphatic rings. The van der Waals surface area contributed by atoms with Crippen LogP contribution in [0.25, 0.3) is 0 Å². The molecule has 0 fully saturated rings. The van der Waals surface area contributed by atoms with Crippen LogP contribution < -0.4 is 10.1 Å². The van der Waals surface area contributed by atoms with Crippen LogP contribution in [0, 0.1) is 5.82 Å². The van der Waals surface area contributed by atoms with Crippen LogP contribution in [-0.4, -0.2) is 42.6 Å². The Labute approximate surface area is 181 Å². The zero-order chi connectivity index (χ0) is 19.9. The first-order valence-corrected chi connectivity index (χ1v) is 9.07. The maximum Gasteiger partial charge on any atom is 0.434 e. The number of nitrogens with one attached hydrogen (secondary N) is 1. The first kappa shape index (κ1) is 24.4. The molecule has 0 spiro atoms. The molecule has 0 amide bonds. The van der Waals surface area contributed by atoms with Crippen molar-refractivity contribution in [3.63, 3.8) is 0 Å². The summed E-state index contributed by atoms with van der Waals surface area (Å²) in [6, 6.07) is 5.70. The van der Waals surface area contributed by atoms with E-state index < -0.39 is 11.9 Å². The highest BCUT2D eigenvalue weighted by Gasteiger charge is 2.33. The highest BCUT2D eigenvalue weighted by Crippen LogP contribution is 2.30. The standard InChI is InChI=1S/C17H20F4N4OS.HI/c1-3-22-16(23-10-15-24-14(11-27-15)17(19,20)21)25(2)8-9-26-13-6-4-12(18)5-7-13;/h4-7,11H,3,8-10H2,1-2H3,(H,22,23);1H. The molecule has 0 radical (unpaired) electrons. The SMILES string of the molecule is CCNC(=NCc1nc(C(F)(F)F)cs1)N(C)CCOc1ccc(F)cc1.I. The third-order valence-electron chi connectivity index (χ3n) is 3.41. The van der Waals surface area contributed by atoms with Crippen LogP contribution in [-0.2, 0) is 12.7 Å². The summed E-state index contributed by atoms with van der Waals surface area (Å²) in [5.41, 5.74) is -0.899. The van der Waals surface area contributed by atoms with E-state index in [1.54, 1.807) is 11.9 Å². The lowest BCUT2D eigenvalue weighted by Gasteiger charge is -2.22. The second kappa shape index (κ2) is 11.4. The van der Waals surface area contributed by atoms with Crippen LogP contribution in [0.2, 0.25) is 0 Å². The summed E-state index contributed by atoms with van der Waals surface area (Å²) >= 11 is 0.925. The van der Waals surface area contributed by atoms with Gasteiger partial charge in [0, 0.05) is 19.0 Å². The molecular weight excluding hydrogens is 511 g/mol. The van der Waals surface area contributed by atoms with Crippen molar-refractivity contribution in [3.05, 3.63) is 46.2 Å². The number of hydrogen-bond acceptors (Lipinski definition) is 4. The summed E-state index contributed by atoms with van der Waals surface area (Å²) in [6.45, 7) is 3.36. The Hall–Kier alpha value is -1.63. The van der Waals surface area contributed by atoms with Gasteiger partial charge in [-0.05, 0) is 31.2 Å². The predicted molar refractivity (Wildman–Crippen MR) is 112 cm³/mol. The minimum absolute atomic E-state index is 0. The Kier molecular flexibility index (Phi) is 9.93. The highest BCUT2D eigenvalue weighted by molar-refractivity contribution is 14.0. The number of rotatable bonds is 7. The Morgan fingerprint density at radius 2 is 1.96 bits per heavy atom. The quantitative estimate of drug-likeness (QED) is 0.249. The second-order valence-electron chi connectivity index (χ2n) is 5.52. The number of nitrogens with zero attached hydrogens (tertiary/aromatic N) is 3. The largest absolute Gasteiger partial charge is 0.492 e. The second-order valence-corrected chi connectivity index (χ2v) is 6.46. The third-order valence-corrected chi connectivity index (χ3v) is 4.25. The van der Waals surface area contributed by atoms with Gasteiger partial charge < -0.3 is 15.0 Å². The van der Waals surface area contributed by atoms with Gasteiger partial charge in [0.1, 0.15) is 23.2 Å². The van der Waals surface area contributed by atoms with Crippen molar-refractivity contribution < 1.29 is 22.3 Å². The molecule has 2 aromatic rings. The first-order chi connectivity index (χ1) is 12.8. The first-order valence-electron chi connectivity index (χ1n) is 8.19. The Balaban J connectivity index is 0.00000392. The summed E-state index contributed by atoms with van der Waals surface area (Å²) in [6.07, 6.45) is -4.45. The lowest BCUT2D eigenvalue weighted by atomic mass is 10.3. The third kappa shape index (κ3) is 7.78. The van der Waals surface area contributed by atoms with Gasteiger partial charge in [0.05, 0.1) is 13.1 Å². The lowest BCUT2D eigenvalue weighted by Crippen LogP contribution is -2.40. The van der Waals surface area contributed by atoms with Gasteiger partial charge in [0.25, 0.3) is 0 Å². The smallest absolute Gasteiger partial charge is 0.434 e. The van der Waals surface area contributed by atoms with Crippen molar-refractivity contribution >= 4 is 41.3 Å². The van der Waals surface area contributed by atoms with Gasteiger partial charge in [-0.1, -0.05) is 0 Å². The average Bonchev–Trinajstić information content (AvgIpc) is 3.09. The molecule has 0 atom stereocenters. The number of aromatic nitrogens is 1. The molecule has 1 N–H and O–H groups in total. The highest BCUT2D eigenvalue weighted by atomic mass is 127. The molecule has 0 bridgehead atoms. The van der Waals surface area contributed by atoms with Crippen LogP contribution in [0.1, 0.15) is 17.6 Å². The van der Waals surface area contributed by atoms with E-state index >= 15 is 0 Å². The molecule has 1 heterocycles. The van der Waals surface area contributed by atoms with Gasteiger partial charge in [0.2, 0.25) is 0 Å². The number of halogens is 5.